The quantitative estimate of drug-likeness (QED) is 0.435. The van der Waals surface area contributed by atoms with Crippen LogP contribution in [0.3, 0.4) is 0 Å². The van der Waals surface area contributed by atoms with E-state index in [1.807, 2.05) is 0 Å². The highest BCUT2D eigenvalue weighted by Gasteiger charge is 2.18. The third-order valence-electron chi connectivity index (χ3n) is 3.76. The molecule has 0 fully saturated rings. The molecule has 0 aliphatic rings. The van der Waals surface area contributed by atoms with Crippen LogP contribution in [0.2, 0.25) is 0 Å². The van der Waals surface area contributed by atoms with Gasteiger partial charge in [-0.2, -0.15) is 0 Å². The Hall–Kier alpha value is -3.62. The number of anilines is 2. The second-order valence-electron chi connectivity index (χ2n) is 5.57. The van der Waals surface area contributed by atoms with E-state index in [4.69, 9.17) is 4.74 Å². The van der Waals surface area contributed by atoms with E-state index in [1.54, 1.807) is 31.2 Å². The van der Waals surface area contributed by atoms with Crippen LogP contribution in [0.4, 0.5) is 17.1 Å². The number of nitrogens with zero attached hydrogens (tertiary/aromatic N) is 1. The number of amides is 1. The number of nitro groups is 1. The highest BCUT2D eigenvalue weighted by molar-refractivity contribution is 5.95. The molecule has 2 N–H and O–H groups in total. The lowest BCUT2D eigenvalue weighted by molar-refractivity contribution is -0.385. The summed E-state index contributed by atoms with van der Waals surface area (Å²) in [4.78, 5) is 34.0. The molecule has 0 bridgehead atoms. The van der Waals surface area contributed by atoms with Gasteiger partial charge in [0.2, 0.25) is 5.91 Å². The second-order valence-corrected chi connectivity index (χ2v) is 5.57. The fourth-order valence-corrected chi connectivity index (χ4v) is 2.33. The first-order valence-corrected chi connectivity index (χ1v) is 7.90. The van der Waals surface area contributed by atoms with E-state index in [0.717, 1.165) is 0 Å². The van der Waals surface area contributed by atoms with Crippen LogP contribution in [0.25, 0.3) is 0 Å². The van der Waals surface area contributed by atoms with E-state index in [0.29, 0.717) is 22.5 Å². The summed E-state index contributed by atoms with van der Waals surface area (Å²) in [6, 6.07) is 9.22. The minimum absolute atomic E-state index is 0.0314. The molecular weight excluding hydrogens is 354 g/mol. The lowest BCUT2D eigenvalue weighted by atomic mass is 10.1. The number of methoxy groups -OCH3 is 2. The molecule has 2 aromatic carbocycles. The van der Waals surface area contributed by atoms with Gasteiger partial charge in [-0.3, -0.25) is 14.9 Å². The smallest absolute Gasteiger partial charge is 0.337 e. The summed E-state index contributed by atoms with van der Waals surface area (Å²) in [5, 5.41) is 16.6. The zero-order chi connectivity index (χ0) is 20.0. The Morgan fingerprint density at radius 1 is 1.15 bits per heavy atom. The normalized spacial score (nSPS) is 10.0. The van der Waals surface area contributed by atoms with E-state index in [-0.39, 0.29) is 23.9 Å². The average molecular weight is 373 g/mol. The molecule has 0 unspecified atom stereocenters. The number of nitrogens with one attached hydrogen (secondary N) is 2. The Morgan fingerprint density at radius 3 is 2.37 bits per heavy atom. The maximum Gasteiger partial charge on any atom is 0.337 e. The van der Waals surface area contributed by atoms with Crippen molar-refractivity contribution in [1.29, 1.82) is 0 Å². The van der Waals surface area contributed by atoms with E-state index in [1.165, 1.54) is 26.4 Å². The van der Waals surface area contributed by atoms with E-state index in [2.05, 4.69) is 15.4 Å². The van der Waals surface area contributed by atoms with E-state index >= 15 is 0 Å². The summed E-state index contributed by atoms with van der Waals surface area (Å²) in [5.41, 5.74) is 1.84. The highest BCUT2D eigenvalue weighted by Crippen LogP contribution is 2.32. The van der Waals surface area contributed by atoms with Gasteiger partial charge in [0.25, 0.3) is 0 Å². The molecule has 0 heterocycles. The Kier molecular flexibility index (Phi) is 6.32. The molecule has 0 saturated carbocycles. The number of carbonyl (C=O) groups excluding carboxylic acids is 2. The Morgan fingerprint density at radius 2 is 1.81 bits per heavy atom. The first kappa shape index (κ1) is 19.7. The van der Waals surface area contributed by atoms with E-state index < -0.39 is 10.9 Å². The number of hydrogen-bond donors (Lipinski definition) is 2. The van der Waals surface area contributed by atoms with Crippen LogP contribution in [0, 0.1) is 17.0 Å². The van der Waals surface area contributed by atoms with Gasteiger partial charge in [0, 0.05) is 23.5 Å². The van der Waals surface area contributed by atoms with Gasteiger partial charge in [-0.1, -0.05) is 0 Å². The van der Waals surface area contributed by atoms with Crippen LogP contribution in [0.15, 0.2) is 36.4 Å². The van der Waals surface area contributed by atoms with Gasteiger partial charge < -0.3 is 20.1 Å². The fraction of sp³-hybridized carbons (Fsp3) is 0.222. The molecule has 0 aliphatic heterocycles. The van der Waals surface area contributed by atoms with Crippen LogP contribution in [0.1, 0.15) is 15.9 Å². The van der Waals surface area contributed by atoms with Gasteiger partial charge in [0.15, 0.2) is 5.75 Å². The predicted molar refractivity (Wildman–Crippen MR) is 99.3 cm³/mol. The monoisotopic (exact) mass is 373 g/mol. The molecule has 2 aromatic rings. The van der Waals surface area contributed by atoms with E-state index in [9.17, 15) is 19.7 Å². The third kappa shape index (κ3) is 4.94. The molecule has 1 amide bonds. The summed E-state index contributed by atoms with van der Waals surface area (Å²) in [5.74, 6) is -0.722. The Bertz CT molecular complexity index is 864. The summed E-state index contributed by atoms with van der Waals surface area (Å²) in [6.45, 7) is 1.62. The molecule has 142 valence electrons. The summed E-state index contributed by atoms with van der Waals surface area (Å²) in [6.07, 6.45) is 0. The van der Waals surface area contributed by atoms with Crippen molar-refractivity contribution >= 4 is 28.9 Å². The lowest BCUT2D eigenvalue weighted by Crippen LogP contribution is -2.22. The summed E-state index contributed by atoms with van der Waals surface area (Å²) in [7, 11) is 2.62. The number of esters is 1. The predicted octanol–water partition coefficient (Wildman–Crippen LogP) is 2.75. The summed E-state index contributed by atoms with van der Waals surface area (Å²) < 4.78 is 9.62. The van der Waals surface area contributed by atoms with Crippen molar-refractivity contribution in [3.8, 4) is 5.75 Å². The number of hydrogen-bond acceptors (Lipinski definition) is 7. The molecule has 0 saturated heterocycles. The van der Waals surface area contributed by atoms with Crippen LogP contribution >= 0.6 is 0 Å². The Labute approximate surface area is 155 Å². The number of benzene rings is 2. The molecule has 0 atom stereocenters. The number of rotatable bonds is 7. The van der Waals surface area contributed by atoms with Crippen LogP contribution in [0.5, 0.6) is 5.75 Å². The molecule has 0 spiro atoms. The van der Waals surface area contributed by atoms with Gasteiger partial charge >= 0.3 is 11.7 Å². The topological polar surface area (TPSA) is 120 Å². The van der Waals surface area contributed by atoms with Crippen molar-refractivity contribution in [3.05, 3.63) is 57.6 Å². The Balaban J connectivity index is 2.01. The molecule has 0 aliphatic carbocycles. The molecule has 9 heteroatoms. The molecule has 0 radical (unpaired) electrons. The van der Waals surface area contributed by atoms with Gasteiger partial charge in [-0.25, -0.2) is 4.79 Å². The molecule has 27 heavy (non-hydrogen) atoms. The minimum Gasteiger partial charge on any atom is -0.490 e. The highest BCUT2D eigenvalue weighted by atomic mass is 16.6. The van der Waals surface area contributed by atoms with Crippen LogP contribution in [-0.2, 0) is 9.53 Å². The van der Waals surface area contributed by atoms with Gasteiger partial charge in [-0.05, 0) is 36.8 Å². The second kappa shape index (κ2) is 8.65. The average Bonchev–Trinajstić information content (AvgIpc) is 2.67. The number of ether oxygens (including phenoxy) is 2. The van der Waals surface area contributed by atoms with Crippen molar-refractivity contribution in [2.24, 2.45) is 0 Å². The first-order valence-electron chi connectivity index (χ1n) is 7.90. The van der Waals surface area contributed by atoms with Crippen molar-refractivity contribution in [3.63, 3.8) is 0 Å². The lowest BCUT2D eigenvalue weighted by Gasteiger charge is -2.12. The van der Waals surface area contributed by atoms with Crippen molar-refractivity contribution in [1.82, 2.24) is 0 Å². The first-order chi connectivity index (χ1) is 12.8. The van der Waals surface area contributed by atoms with Crippen molar-refractivity contribution in [2.75, 3.05) is 31.4 Å². The largest absolute Gasteiger partial charge is 0.490 e. The number of carbonyl (C=O) groups is 2. The maximum atomic E-state index is 12.2. The molecule has 2 rings (SSSR count). The van der Waals surface area contributed by atoms with Crippen LogP contribution < -0.4 is 15.4 Å². The third-order valence-corrected chi connectivity index (χ3v) is 3.76. The zero-order valence-electron chi connectivity index (χ0n) is 15.1. The standard InChI is InChI=1S/C18H19N3O6/c1-11-8-15(21(24)25)16(26-2)9-14(11)20-17(22)10-19-13-6-4-12(5-7-13)18(23)27-3/h4-9,19H,10H2,1-3H3,(H,20,22). The van der Waals surface area contributed by atoms with Gasteiger partial charge in [-0.15, -0.1) is 0 Å². The number of aryl methyl sites for hydroxylation is 1. The SMILES string of the molecule is COC(=O)c1ccc(NCC(=O)Nc2cc(OC)c([N+](=O)[O-])cc2C)cc1. The van der Waals surface area contributed by atoms with Gasteiger partial charge in [0.1, 0.15) is 0 Å². The zero-order valence-corrected chi connectivity index (χ0v) is 15.1. The molecular formula is C18H19N3O6. The molecule has 9 nitrogen and oxygen atoms in total. The summed E-state index contributed by atoms with van der Waals surface area (Å²) >= 11 is 0. The molecule has 0 aromatic heterocycles. The maximum absolute atomic E-state index is 12.2. The van der Waals surface area contributed by atoms with Gasteiger partial charge in [0.05, 0.1) is 31.3 Å². The van der Waals surface area contributed by atoms with Crippen LogP contribution in [-0.4, -0.2) is 37.6 Å². The number of nitro benzene ring substituents is 1. The van der Waals surface area contributed by atoms with Crippen molar-refractivity contribution in [2.45, 2.75) is 6.92 Å². The fourth-order valence-electron chi connectivity index (χ4n) is 2.33. The minimum atomic E-state index is -0.545. The van der Waals surface area contributed by atoms with Crippen molar-refractivity contribution < 1.29 is 24.0 Å².